The van der Waals surface area contributed by atoms with Crippen LogP contribution in [0.4, 0.5) is 0 Å². The highest BCUT2D eigenvalue weighted by molar-refractivity contribution is 7.51. The van der Waals surface area contributed by atoms with Gasteiger partial charge in [-0.15, -0.1) is 0 Å². The Bertz CT molecular complexity index is 464. The summed E-state index contributed by atoms with van der Waals surface area (Å²) in [7, 11) is 0. The number of hydrogen-bond donors (Lipinski definition) is 0. The molecule has 0 N–H and O–H groups in total. The van der Waals surface area contributed by atoms with E-state index >= 15 is 0 Å². The van der Waals surface area contributed by atoms with Crippen molar-refractivity contribution in [3.8, 4) is 0 Å². The molecule has 0 aliphatic carbocycles. The molecule has 0 amide bonds. The average Bonchev–Trinajstić information content (AvgIpc) is 2.19. The van der Waals surface area contributed by atoms with Crippen LogP contribution in [0, 0.1) is 6.92 Å². The third kappa shape index (κ3) is 2.74. The zero-order valence-corrected chi connectivity index (χ0v) is 8.45. The van der Waals surface area contributed by atoms with E-state index in [9.17, 15) is 0 Å². The summed E-state index contributed by atoms with van der Waals surface area (Å²) in [6.45, 7) is 2.09. The Morgan fingerprint density at radius 3 is 2.64 bits per heavy atom. The molecule has 0 saturated carbocycles. The SMILES string of the molecule is Cc1ccc2ncccc2c1.O=S=O. The molecule has 0 aliphatic rings. The summed E-state index contributed by atoms with van der Waals surface area (Å²) >= 11 is -0.750. The molecule has 1 aromatic heterocycles. The molecule has 0 saturated heterocycles. The van der Waals surface area contributed by atoms with Crippen molar-refractivity contribution in [3.05, 3.63) is 42.1 Å². The third-order valence-electron chi connectivity index (χ3n) is 1.76. The maximum Gasteiger partial charge on any atom is 0.335 e. The molecule has 0 atom stereocenters. The lowest BCUT2D eigenvalue weighted by Crippen LogP contribution is -1.77. The predicted molar refractivity (Wildman–Crippen MR) is 55.4 cm³/mol. The lowest BCUT2D eigenvalue weighted by Gasteiger charge is -1.95. The summed E-state index contributed by atoms with van der Waals surface area (Å²) in [6, 6.07) is 10.3. The molecule has 0 fully saturated rings. The van der Waals surface area contributed by atoms with Crippen LogP contribution < -0.4 is 0 Å². The minimum atomic E-state index is -0.750. The third-order valence-corrected chi connectivity index (χ3v) is 1.76. The molecule has 4 heteroatoms. The van der Waals surface area contributed by atoms with Crippen LogP contribution in [-0.2, 0) is 11.6 Å². The van der Waals surface area contributed by atoms with Crippen molar-refractivity contribution in [3.63, 3.8) is 0 Å². The molecule has 0 radical (unpaired) electrons. The molecule has 1 aromatic carbocycles. The predicted octanol–water partition coefficient (Wildman–Crippen LogP) is 1.87. The van der Waals surface area contributed by atoms with E-state index in [2.05, 4.69) is 30.1 Å². The molecule has 2 aromatic rings. The fraction of sp³-hybridized carbons (Fsp3) is 0.100. The van der Waals surface area contributed by atoms with Gasteiger partial charge < -0.3 is 0 Å². The standard InChI is InChI=1S/C10H9N.O2S/c1-8-4-5-10-9(7-8)3-2-6-11-10;1-3-2/h2-7H,1H3;. The van der Waals surface area contributed by atoms with E-state index in [4.69, 9.17) is 8.42 Å². The van der Waals surface area contributed by atoms with Gasteiger partial charge in [-0.05, 0) is 25.1 Å². The molecular weight excluding hydrogens is 198 g/mol. The lowest BCUT2D eigenvalue weighted by molar-refractivity contribution is 0.630. The smallest absolute Gasteiger partial charge is 0.256 e. The number of aromatic nitrogens is 1. The second-order valence-electron chi connectivity index (χ2n) is 2.77. The van der Waals surface area contributed by atoms with Gasteiger partial charge in [0.25, 0.3) is 0 Å². The number of pyridine rings is 1. The molecule has 14 heavy (non-hydrogen) atoms. The fourth-order valence-corrected chi connectivity index (χ4v) is 1.20. The van der Waals surface area contributed by atoms with E-state index < -0.39 is 11.6 Å². The first-order valence-corrected chi connectivity index (χ1v) is 4.68. The van der Waals surface area contributed by atoms with Crippen LogP contribution in [0.25, 0.3) is 10.9 Å². The van der Waals surface area contributed by atoms with Crippen molar-refractivity contribution in [1.29, 1.82) is 0 Å². The Balaban J connectivity index is 0.000000293. The van der Waals surface area contributed by atoms with Crippen molar-refractivity contribution < 1.29 is 8.42 Å². The van der Waals surface area contributed by atoms with E-state index in [1.165, 1.54) is 10.9 Å². The van der Waals surface area contributed by atoms with Crippen LogP contribution in [0.1, 0.15) is 5.56 Å². The Morgan fingerprint density at radius 2 is 1.93 bits per heavy atom. The first kappa shape index (κ1) is 10.5. The second-order valence-corrected chi connectivity index (χ2v) is 2.90. The first-order valence-electron chi connectivity index (χ1n) is 4.01. The highest BCUT2D eigenvalue weighted by Crippen LogP contribution is 2.11. The van der Waals surface area contributed by atoms with Gasteiger partial charge >= 0.3 is 11.6 Å². The fourth-order valence-electron chi connectivity index (χ4n) is 1.20. The van der Waals surface area contributed by atoms with Crippen LogP contribution in [-0.4, -0.2) is 13.4 Å². The van der Waals surface area contributed by atoms with Gasteiger partial charge in [0, 0.05) is 11.6 Å². The van der Waals surface area contributed by atoms with Gasteiger partial charge in [0.2, 0.25) is 0 Å². The Morgan fingerprint density at radius 1 is 1.21 bits per heavy atom. The summed E-state index contributed by atoms with van der Waals surface area (Å²) in [5.74, 6) is 0. The Hall–Kier alpha value is -1.55. The normalized spacial score (nSPS) is 8.93. The quantitative estimate of drug-likeness (QED) is 0.662. The van der Waals surface area contributed by atoms with Gasteiger partial charge in [-0.25, -0.2) is 0 Å². The maximum absolute atomic E-state index is 8.29. The summed E-state index contributed by atoms with van der Waals surface area (Å²) in [5.41, 5.74) is 2.35. The van der Waals surface area contributed by atoms with Gasteiger partial charge in [0.05, 0.1) is 5.52 Å². The number of nitrogens with zero attached hydrogens (tertiary/aromatic N) is 1. The summed E-state index contributed by atoms with van der Waals surface area (Å²) in [6.07, 6.45) is 1.82. The van der Waals surface area contributed by atoms with E-state index in [1.807, 2.05) is 18.3 Å². The highest BCUT2D eigenvalue weighted by atomic mass is 32.1. The minimum Gasteiger partial charge on any atom is -0.256 e. The highest BCUT2D eigenvalue weighted by Gasteiger charge is 1.90. The van der Waals surface area contributed by atoms with Crippen LogP contribution in [0.2, 0.25) is 0 Å². The number of benzene rings is 1. The van der Waals surface area contributed by atoms with Gasteiger partial charge in [-0.3, -0.25) is 4.98 Å². The Labute approximate surface area is 85.4 Å². The molecule has 1 heterocycles. The van der Waals surface area contributed by atoms with E-state index in [-0.39, 0.29) is 0 Å². The molecule has 0 unspecified atom stereocenters. The average molecular weight is 207 g/mol. The van der Waals surface area contributed by atoms with Gasteiger partial charge in [0.1, 0.15) is 0 Å². The second kappa shape index (κ2) is 5.24. The maximum atomic E-state index is 8.29. The Kier molecular flexibility index (Phi) is 3.94. The van der Waals surface area contributed by atoms with Crippen molar-refractivity contribution in [2.45, 2.75) is 6.92 Å². The lowest BCUT2D eigenvalue weighted by atomic mass is 10.1. The van der Waals surface area contributed by atoms with Crippen LogP contribution in [0.15, 0.2) is 36.5 Å². The zero-order chi connectivity index (χ0) is 10.4. The molecule has 0 aliphatic heterocycles. The summed E-state index contributed by atoms with van der Waals surface area (Å²) in [5, 5.41) is 1.22. The van der Waals surface area contributed by atoms with Crippen LogP contribution >= 0.6 is 0 Å². The van der Waals surface area contributed by atoms with Crippen LogP contribution in [0.5, 0.6) is 0 Å². The van der Waals surface area contributed by atoms with Gasteiger partial charge in [0.15, 0.2) is 0 Å². The molecule has 72 valence electrons. The van der Waals surface area contributed by atoms with Crippen molar-refractivity contribution in [1.82, 2.24) is 4.98 Å². The topological polar surface area (TPSA) is 47.0 Å². The number of hydrogen-bond acceptors (Lipinski definition) is 3. The molecule has 2 rings (SSSR count). The van der Waals surface area contributed by atoms with E-state index in [1.54, 1.807) is 0 Å². The molecular formula is C10H9NO2S. The monoisotopic (exact) mass is 207 g/mol. The zero-order valence-electron chi connectivity index (χ0n) is 7.64. The minimum absolute atomic E-state index is 0.750. The van der Waals surface area contributed by atoms with Crippen molar-refractivity contribution in [2.75, 3.05) is 0 Å². The first-order chi connectivity index (χ1) is 6.77. The molecule has 3 nitrogen and oxygen atoms in total. The summed E-state index contributed by atoms with van der Waals surface area (Å²) < 4.78 is 16.6. The van der Waals surface area contributed by atoms with Crippen molar-refractivity contribution >= 4 is 22.5 Å². The number of fused-ring (bicyclic) bond motifs is 1. The molecule has 0 spiro atoms. The summed E-state index contributed by atoms with van der Waals surface area (Å²) in [4.78, 5) is 4.22. The van der Waals surface area contributed by atoms with E-state index in [0.717, 1.165) is 5.52 Å². The van der Waals surface area contributed by atoms with Crippen LogP contribution in [0.3, 0.4) is 0 Å². The molecule has 0 bridgehead atoms. The number of rotatable bonds is 0. The van der Waals surface area contributed by atoms with Crippen molar-refractivity contribution in [2.24, 2.45) is 0 Å². The van der Waals surface area contributed by atoms with Gasteiger partial charge in [-0.1, -0.05) is 17.7 Å². The van der Waals surface area contributed by atoms with Gasteiger partial charge in [-0.2, -0.15) is 8.42 Å². The largest absolute Gasteiger partial charge is 0.335 e. The number of aryl methyl sites for hydroxylation is 1. The van der Waals surface area contributed by atoms with E-state index in [0.29, 0.717) is 0 Å².